The normalized spacial score (nSPS) is 17.0. The molecule has 0 radical (unpaired) electrons. The number of hydrogen-bond donors (Lipinski definition) is 0. The Balaban J connectivity index is 2.16. The van der Waals surface area contributed by atoms with Crippen LogP contribution in [0.2, 0.25) is 0 Å². The molecule has 1 saturated carbocycles. The van der Waals surface area contributed by atoms with Gasteiger partial charge in [0.05, 0.1) is 0 Å². The predicted octanol–water partition coefficient (Wildman–Crippen LogP) is 3.57. The van der Waals surface area contributed by atoms with Crippen molar-refractivity contribution in [1.82, 2.24) is 4.57 Å². The van der Waals surface area contributed by atoms with E-state index in [2.05, 4.69) is 22.9 Å². The molecule has 16 heavy (non-hydrogen) atoms. The molecule has 0 unspecified atom stereocenters. The first kappa shape index (κ1) is 9.64. The highest BCUT2D eigenvalue weighted by atomic mass is 16.1. The first-order chi connectivity index (χ1) is 7.90. The molecule has 0 aliphatic heterocycles. The molecule has 0 atom stereocenters. The van der Waals surface area contributed by atoms with E-state index in [4.69, 9.17) is 0 Å². The van der Waals surface area contributed by atoms with Crippen LogP contribution in [0.5, 0.6) is 0 Å². The zero-order valence-corrected chi connectivity index (χ0v) is 9.23. The van der Waals surface area contributed by atoms with Crippen molar-refractivity contribution in [2.45, 2.75) is 31.7 Å². The lowest BCUT2D eigenvalue weighted by Gasteiger charge is -2.13. The monoisotopic (exact) mass is 213 g/mol. The van der Waals surface area contributed by atoms with Crippen molar-refractivity contribution in [3.63, 3.8) is 0 Å². The quantitative estimate of drug-likeness (QED) is 0.699. The van der Waals surface area contributed by atoms with E-state index in [1.165, 1.54) is 31.2 Å². The van der Waals surface area contributed by atoms with Gasteiger partial charge in [-0.25, -0.2) is 0 Å². The van der Waals surface area contributed by atoms with Gasteiger partial charge in [0, 0.05) is 28.7 Å². The number of benzene rings is 1. The number of rotatable bonds is 2. The second-order valence-electron chi connectivity index (χ2n) is 4.56. The van der Waals surface area contributed by atoms with Gasteiger partial charge in [-0.1, -0.05) is 25.0 Å². The lowest BCUT2D eigenvalue weighted by molar-refractivity contribution is 0.112. The van der Waals surface area contributed by atoms with Crippen molar-refractivity contribution >= 4 is 17.2 Å². The third-order valence-electron chi connectivity index (χ3n) is 3.64. The van der Waals surface area contributed by atoms with Gasteiger partial charge in [0.15, 0.2) is 6.29 Å². The lowest BCUT2D eigenvalue weighted by atomic mass is 10.1. The van der Waals surface area contributed by atoms with Crippen LogP contribution in [0.15, 0.2) is 30.5 Å². The predicted molar refractivity (Wildman–Crippen MR) is 64.8 cm³/mol. The van der Waals surface area contributed by atoms with Crippen LogP contribution >= 0.6 is 0 Å². The molecule has 0 spiro atoms. The number of aromatic nitrogens is 1. The number of carbonyl (C=O) groups excluding carboxylic acids is 1. The Morgan fingerprint density at radius 1 is 1.19 bits per heavy atom. The summed E-state index contributed by atoms with van der Waals surface area (Å²) in [6.07, 6.45) is 8.29. The van der Waals surface area contributed by atoms with Crippen molar-refractivity contribution in [3.05, 3.63) is 36.0 Å². The summed E-state index contributed by atoms with van der Waals surface area (Å²) in [5.74, 6) is 0. The van der Waals surface area contributed by atoms with Crippen molar-refractivity contribution in [3.8, 4) is 0 Å². The highest BCUT2D eigenvalue weighted by Crippen LogP contribution is 2.33. The van der Waals surface area contributed by atoms with E-state index in [1.54, 1.807) is 0 Å². The second kappa shape index (κ2) is 3.78. The maximum absolute atomic E-state index is 10.9. The molecule has 1 aliphatic carbocycles. The number of fused-ring (bicyclic) bond motifs is 1. The fraction of sp³-hybridized carbons (Fsp3) is 0.357. The van der Waals surface area contributed by atoms with E-state index in [-0.39, 0.29) is 0 Å². The Morgan fingerprint density at radius 2 is 2.00 bits per heavy atom. The first-order valence-electron chi connectivity index (χ1n) is 5.95. The average molecular weight is 213 g/mol. The Bertz CT molecular complexity index is 521. The van der Waals surface area contributed by atoms with Crippen LogP contribution in [0, 0.1) is 0 Å². The van der Waals surface area contributed by atoms with Crippen molar-refractivity contribution in [2.24, 2.45) is 0 Å². The first-order valence-corrected chi connectivity index (χ1v) is 5.95. The van der Waals surface area contributed by atoms with Crippen LogP contribution in [-0.4, -0.2) is 10.9 Å². The molecule has 0 N–H and O–H groups in total. The summed E-state index contributed by atoms with van der Waals surface area (Å²) < 4.78 is 2.34. The van der Waals surface area contributed by atoms with Gasteiger partial charge in [0.1, 0.15) is 0 Å². The second-order valence-corrected chi connectivity index (χ2v) is 4.56. The van der Waals surface area contributed by atoms with E-state index in [1.807, 2.05) is 12.1 Å². The molecule has 1 aromatic carbocycles. The molecule has 2 nitrogen and oxygen atoms in total. The molecule has 1 aromatic heterocycles. The van der Waals surface area contributed by atoms with E-state index >= 15 is 0 Å². The van der Waals surface area contributed by atoms with Crippen LogP contribution < -0.4 is 0 Å². The highest BCUT2D eigenvalue weighted by molar-refractivity contribution is 5.97. The highest BCUT2D eigenvalue weighted by Gasteiger charge is 2.18. The lowest BCUT2D eigenvalue weighted by Crippen LogP contribution is -2.02. The topological polar surface area (TPSA) is 22.0 Å². The van der Waals surface area contributed by atoms with Gasteiger partial charge in [0.2, 0.25) is 0 Å². The molecule has 0 bridgehead atoms. The molecule has 1 fully saturated rings. The van der Waals surface area contributed by atoms with E-state index in [9.17, 15) is 4.79 Å². The molecular weight excluding hydrogens is 198 g/mol. The Labute approximate surface area is 94.9 Å². The summed E-state index contributed by atoms with van der Waals surface area (Å²) in [6.45, 7) is 0. The zero-order valence-electron chi connectivity index (χ0n) is 9.23. The summed E-state index contributed by atoms with van der Waals surface area (Å²) in [7, 11) is 0. The molecule has 1 heterocycles. The number of aldehydes is 1. The molecule has 0 amide bonds. The van der Waals surface area contributed by atoms with E-state index < -0.39 is 0 Å². The van der Waals surface area contributed by atoms with Crippen molar-refractivity contribution in [1.29, 1.82) is 0 Å². The van der Waals surface area contributed by atoms with E-state index in [0.29, 0.717) is 6.04 Å². The molecule has 82 valence electrons. The van der Waals surface area contributed by atoms with Gasteiger partial charge < -0.3 is 4.57 Å². The zero-order chi connectivity index (χ0) is 11.0. The minimum absolute atomic E-state index is 0.638. The Hall–Kier alpha value is -1.57. The van der Waals surface area contributed by atoms with Crippen LogP contribution in [0.1, 0.15) is 42.1 Å². The maximum Gasteiger partial charge on any atom is 0.150 e. The largest absolute Gasteiger partial charge is 0.344 e. The van der Waals surface area contributed by atoms with Gasteiger partial charge in [-0.05, 0) is 25.0 Å². The van der Waals surface area contributed by atoms with Gasteiger partial charge in [-0.2, -0.15) is 0 Å². The minimum Gasteiger partial charge on any atom is -0.344 e. The van der Waals surface area contributed by atoms with Crippen LogP contribution in [-0.2, 0) is 0 Å². The van der Waals surface area contributed by atoms with Crippen LogP contribution in [0.4, 0.5) is 0 Å². The minimum atomic E-state index is 0.638. The van der Waals surface area contributed by atoms with Gasteiger partial charge in [-0.3, -0.25) is 4.79 Å². The van der Waals surface area contributed by atoms with E-state index in [0.717, 1.165) is 17.2 Å². The number of hydrogen-bond acceptors (Lipinski definition) is 1. The van der Waals surface area contributed by atoms with Crippen molar-refractivity contribution < 1.29 is 4.79 Å². The smallest absolute Gasteiger partial charge is 0.150 e. The fourth-order valence-electron chi connectivity index (χ4n) is 2.82. The van der Waals surface area contributed by atoms with Crippen LogP contribution in [0.3, 0.4) is 0 Å². The third-order valence-corrected chi connectivity index (χ3v) is 3.64. The summed E-state index contributed by atoms with van der Waals surface area (Å²) in [5, 5.41) is 1.09. The maximum atomic E-state index is 10.9. The fourth-order valence-corrected chi connectivity index (χ4v) is 2.82. The van der Waals surface area contributed by atoms with Crippen LogP contribution in [0.25, 0.3) is 10.9 Å². The summed E-state index contributed by atoms with van der Waals surface area (Å²) in [5.41, 5.74) is 2.01. The number of nitrogens with zero attached hydrogens (tertiary/aromatic N) is 1. The molecule has 2 heteroatoms. The molecular formula is C14H15NO. The van der Waals surface area contributed by atoms with Gasteiger partial charge in [-0.15, -0.1) is 0 Å². The summed E-state index contributed by atoms with van der Waals surface area (Å²) in [6, 6.07) is 8.67. The summed E-state index contributed by atoms with van der Waals surface area (Å²) >= 11 is 0. The molecule has 3 rings (SSSR count). The molecule has 0 saturated heterocycles. The number of carbonyl (C=O) groups is 1. The Kier molecular flexibility index (Phi) is 2.28. The Morgan fingerprint density at radius 3 is 2.75 bits per heavy atom. The van der Waals surface area contributed by atoms with Gasteiger partial charge in [0.25, 0.3) is 0 Å². The third kappa shape index (κ3) is 1.37. The molecule has 1 aliphatic rings. The van der Waals surface area contributed by atoms with Gasteiger partial charge >= 0.3 is 0 Å². The standard InChI is InChI=1S/C14H15NO/c16-10-11-4-3-7-14-13(11)8-9-15(14)12-5-1-2-6-12/h3-4,7-10,12H,1-2,5-6H2. The average Bonchev–Trinajstić information content (AvgIpc) is 2.96. The van der Waals surface area contributed by atoms with Crippen molar-refractivity contribution in [2.75, 3.05) is 0 Å². The SMILES string of the molecule is O=Cc1cccc2c1ccn2C1CCCC1. The summed E-state index contributed by atoms with van der Waals surface area (Å²) in [4.78, 5) is 10.9. The molecule has 2 aromatic rings.